The lowest BCUT2D eigenvalue weighted by Crippen LogP contribution is -2.42. The number of thiophene rings is 1. The van der Waals surface area contributed by atoms with Crippen molar-refractivity contribution in [2.24, 2.45) is 0 Å². The van der Waals surface area contributed by atoms with Crippen LogP contribution in [-0.2, 0) is 14.3 Å². The number of nitrogens with zero attached hydrogens (tertiary/aromatic N) is 2. The molecule has 2 aliphatic rings. The van der Waals surface area contributed by atoms with E-state index in [1.165, 1.54) is 16.7 Å². The van der Waals surface area contributed by atoms with Crippen LogP contribution in [-0.4, -0.2) is 58.8 Å². The number of thiocarbonyl (C=S) groups is 1. The molecule has 3 rings (SSSR count). The summed E-state index contributed by atoms with van der Waals surface area (Å²) in [5.74, 6) is -0.0623. The van der Waals surface area contributed by atoms with E-state index in [1.807, 2.05) is 23.6 Å². The summed E-state index contributed by atoms with van der Waals surface area (Å²) in [4.78, 5) is 29.6. The van der Waals surface area contributed by atoms with Crippen LogP contribution in [0, 0.1) is 0 Å². The monoisotopic (exact) mass is 368 g/mol. The molecule has 3 heterocycles. The minimum absolute atomic E-state index is 0.0459. The molecule has 5 nitrogen and oxygen atoms in total. The number of carbonyl (C=O) groups excluding carboxylic acids is 2. The largest absolute Gasteiger partial charge is 0.378 e. The zero-order valence-electron chi connectivity index (χ0n) is 12.4. The van der Waals surface area contributed by atoms with Crippen molar-refractivity contribution in [3.8, 4) is 0 Å². The lowest BCUT2D eigenvalue weighted by molar-refractivity contribution is -0.135. The van der Waals surface area contributed by atoms with E-state index in [9.17, 15) is 9.59 Å². The molecule has 0 saturated carbocycles. The maximum absolute atomic E-state index is 12.4. The molecule has 0 spiro atoms. The second-order valence-corrected chi connectivity index (χ2v) is 7.75. The van der Waals surface area contributed by atoms with Crippen molar-refractivity contribution in [1.82, 2.24) is 9.80 Å². The molecule has 0 aliphatic carbocycles. The maximum Gasteiger partial charge on any atom is 0.266 e. The molecule has 2 amide bonds. The molecule has 0 radical (unpaired) electrons. The molecule has 2 fully saturated rings. The van der Waals surface area contributed by atoms with Crippen LogP contribution in [0.1, 0.15) is 11.3 Å². The summed E-state index contributed by atoms with van der Waals surface area (Å²) in [7, 11) is 0. The van der Waals surface area contributed by atoms with Gasteiger partial charge >= 0.3 is 0 Å². The first kappa shape index (κ1) is 16.6. The van der Waals surface area contributed by atoms with Gasteiger partial charge in [0.1, 0.15) is 4.32 Å². The fraction of sp³-hybridized carbons (Fsp3) is 0.400. The highest BCUT2D eigenvalue weighted by atomic mass is 32.2. The van der Waals surface area contributed by atoms with Gasteiger partial charge in [-0.2, -0.15) is 0 Å². The van der Waals surface area contributed by atoms with E-state index >= 15 is 0 Å². The summed E-state index contributed by atoms with van der Waals surface area (Å²) in [5, 5.41) is 1.97. The van der Waals surface area contributed by atoms with Gasteiger partial charge in [0.25, 0.3) is 5.91 Å². The summed E-state index contributed by atoms with van der Waals surface area (Å²) in [6, 6.07) is 3.90. The fourth-order valence-corrected chi connectivity index (χ4v) is 4.41. The molecule has 0 atom stereocenters. The second-order valence-electron chi connectivity index (χ2n) is 5.09. The Bertz CT molecular complexity index is 636. The topological polar surface area (TPSA) is 49.9 Å². The highest BCUT2D eigenvalue weighted by Crippen LogP contribution is 2.33. The van der Waals surface area contributed by atoms with Gasteiger partial charge in [0.05, 0.1) is 18.1 Å². The Morgan fingerprint density at radius 3 is 2.87 bits per heavy atom. The van der Waals surface area contributed by atoms with Crippen LogP contribution >= 0.6 is 35.3 Å². The van der Waals surface area contributed by atoms with Gasteiger partial charge in [-0.05, 0) is 17.5 Å². The third kappa shape index (κ3) is 4.00. The van der Waals surface area contributed by atoms with Crippen LogP contribution in [0.25, 0.3) is 6.08 Å². The summed E-state index contributed by atoms with van der Waals surface area (Å²) in [6.45, 7) is 2.74. The van der Waals surface area contributed by atoms with Crippen LogP contribution in [0.2, 0.25) is 0 Å². The zero-order chi connectivity index (χ0) is 16.2. The van der Waals surface area contributed by atoms with Gasteiger partial charge in [-0.25, -0.2) is 0 Å². The summed E-state index contributed by atoms with van der Waals surface area (Å²) < 4.78 is 5.76. The molecule has 2 aliphatic heterocycles. The molecule has 1 aromatic rings. The lowest BCUT2D eigenvalue weighted by Gasteiger charge is -2.27. The van der Waals surface area contributed by atoms with E-state index in [0.717, 1.165) is 4.88 Å². The number of hydrogen-bond acceptors (Lipinski definition) is 6. The average Bonchev–Trinajstić information content (AvgIpc) is 3.16. The van der Waals surface area contributed by atoms with Crippen molar-refractivity contribution in [3.05, 3.63) is 27.3 Å². The van der Waals surface area contributed by atoms with Crippen molar-refractivity contribution in [2.45, 2.75) is 6.42 Å². The zero-order valence-corrected chi connectivity index (χ0v) is 14.8. The van der Waals surface area contributed by atoms with Crippen molar-refractivity contribution < 1.29 is 14.3 Å². The van der Waals surface area contributed by atoms with Crippen molar-refractivity contribution in [2.75, 3.05) is 32.8 Å². The SMILES string of the molecule is O=C(CCN1C(=O)/C(=C\c2cccs2)SC1=S)N1CCOCC1. The van der Waals surface area contributed by atoms with E-state index in [2.05, 4.69) is 0 Å². The highest BCUT2D eigenvalue weighted by molar-refractivity contribution is 8.26. The molecule has 0 bridgehead atoms. The normalized spacial score (nSPS) is 20.6. The molecule has 2 saturated heterocycles. The van der Waals surface area contributed by atoms with Gasteiger partial charge in [0.2, 0.25) is 5.91 Å². The number of morpholine rings is 1. The van der Waals surface area contributed by atoms with Crippen molar-refractivity contribution in [3.63, 3.8) is 0 Å². The number of amides is 2. The van der Waals surface area contributed by atoms with E-state index < -0.39 is 0 Å². The highest BCUT2D eigenvalue weighted by Gasteiger charge is 2.32. The van der Waals surface area contributed by atoms with Gasteiger partial charge in [0, 0.05) is 30.9 Å². The number of rotatable bonds is 4. The molecule has 8 heteroatoms. The third-order valence-corrected chi connectivity index (χ3v) is 5.80. The van der Waals surface area contributed by atoms with E-state index in [-0.39, 0.29) is 11.8 Å². The number of carbonyl (C=O) groups is 2. The number of ether oxygens (including phenoxy) is 1. The Labute approximate surface area is 148 Å². The van der Waals surface area contributed by atoms with Gasteiger partial charge in [-0.3, -0.25) is 14.5 Å². The van der Waals surface area contributed by atoms with E-state index in [4.69, 9.17) is 17.0 Å². The maximum atomic E-state index is 12.4. The van der Waals surface area contributed by atoms with Crippen molar-refractivity contribution in [1.29, 1.82) is 0 Å². The molecule has 0 aromatic carbocycles. The minimum atomic E-state index is -0.108. The van der Waals surface area contributed by atoms with E-state index in [1.54, 1.807) is 16.2 Å². The molecule has 0 unspecified atom stereocenters. The third-order valence-electron chi connectivity index (χ3n) is 3.60. The number of thioether (sulfide) groups is 1. The first-order valence-corrected chi connectivity index (χ1v) is 9.40. The summed E-state index contributed by atoms with van der Waals surface area (Å²) >= 11 is 8.16. The van der Waals surface area contributed by atoms with Gasteiger partial charge < -0.3 is 9.64 Å². The fourth-order valence-electron chi connectivity index (χ4n) is 2.37. The Morgan fingerprint density at radius 2 is 2.17 bits per heavy atom. The van der Waals surface area contributed by atoms with Crippen LogP contribution in [0.5, 0.6) is 0 Å². The predicted octanol–water partition coefficient (Wildman–Crippen LogP) is 2.20. The molecule has 0 N–H and O–H groups in total. The standard InChI is InChI=1S/C15H16N2O3S3/c18-13(16-5-7-20-8-6-16)3-4-17-14(19)12(23-15(17)21)10-11-2-1-9-22-11/h1-2,9-10H,3-8H2/b12-10+. The average molecular weight is 369 g/mol. The molecular weight excluding hydrogens is 352 g/mol. The second kappa shape index (κ2) is 7.57. The van der Waals surface area contributed by atoms with Gasteiger partial charge in [-0.1, -0.05) is 30.0 Å². The molecule has 1 aromatic heterocycles. The Kier molecular flexibility index (Phi) is 5.47. The Morgan fingerprint density at radius 1 is 1.39 bits per heavy atom. The quantitative estimate of drug-likeness (QED) is 0.602. The van der Waals surface area contributed by atoms with Crippen LogP contribution in [0.4, 0.5) is 0 Å². The minimum Gasteiger partial charge on any atom is -0.378 e. The summed E-state index contributed by atoms with van der Waals surface area (Å²) in [5.41, 5.74) is 0. The Balaban J connectivity index is 1.58. The van der Waals surface area contributed by atoms with Crippen LogP contribution in [0.3, 0.4) is 0 Å². The van der Waals surface area contributed by atoms with Crippen molar-refractivity contribution >= 4 is 57.5 Å². The molecular formula is C15H16N2O3S3. The smallest absolute Gasteiger partial charge is 0.266 e. The Hall–Kier alpha value is -1.22. The van der Waals surface area contributed by atoms with Crippen LogP contribution < -0.4 is 0 Å². The molecule has 122 valence electrons. The first-order chi connectivity index (χ1) is 11.1. The van der Waals surface area contributed by atoms with Gasteiger partial charge in [-0.15, -0.1) is 11.3 Å². The van der Waals surface area contributed by atoms with Crippen LogP contribution in [0.15, 0.2) is 22.4 Å². The number of hydrogen-bond donors (Lipinski definition) is 0. The van der Waals surface area contributed by atoms with E-state index in [0.29, 0.717) is 48.5 Å². The first-order valence-electron chi connectivity index (χ1n) is 7.29. The lowest BCUT2D eigenvalue weighted by atomic mass is 10.3. The predicted molar refractivity (Wildman–Crippen MR) is 96.2 cm³/mol. The summed E-state index contributed by atoms with van der Waals surface area (Å²) in [6.07, 6.45) is 2.15. The van der Waals surface area contributed by atoms with Gasteiger partial charge in [0.15, 0.2) is 0 Å². The molecule has 23 heavy (non-hydrogen) atoms.